The fourth-order valence-electron chi connectivity index (χ4n) is 1.23. The maximum absolute atomic E-state index is 11.8. The Labute approximate surface area is 130 Å². The van der Waals surface area contributed by atoms with Crippen molar-refractivity contribution in [3.63, 3.8) is 0 Å². The summed E-state index contributed by atoms with van der Waals surface area (Å²) in [6.45, 7) is 11.3. The number of hydrogen-bond donors (Lipinski definition) is 1. The van der Waals surface area contributed by atoms with E-state index in [2.05, 4.69) is 18.5 Å². The SMILES string of the molecule is C=CC(=O)OCC(C)(COC(=O)C=C)NC(=O)OC(C)CC. The van der Waals surface area contributed by atoms with Crippen LogP contribution in [0.1, 0.15) is 27.2 Å². The molecule has 1 unspecified atom stereocenters. The van der Waals surface area contributed by atoms with Gasteiger partial charge in [-0.3, -0.25) is 0 Å². The molecule has 0 saturated heterocycles. The summed E-state index contributed by atoms with van der Waals surface area (Å²) in [5, 5.41) is 2.53. The first-order valence-electron chi connectivity index (χ1n) is 6.83. The molecular formula is C15H23NO6. The number of alkyl carbamates (subject to hydrolysis) is 1. The van der Waals surface area contributed by atoms with Crippen LogP contribution < -0.4 is 5.32 Å². The molecule has 1 amide bonds. The van der Waals surface area contributed by atoms with Crippen LogP contribution in [0, 0.1) is 0 Å². The summed E-state index contributed by atoms with van der Waals surface area (Å²) < 4.78 is 14.9. The van der Waals surface area contributed by atoms with Crippen LogP contribution in [-0.2, 0) is 23.8 Å². The molecule has 7 heteroatoms. The van der Waals surface area contributed by atoms with E-state index in [9.17, 15) is 14.4 Å². The van der Waals surface area contributed by atoms with Gasteiger partial charge in [-0.2, -0.15) is 0 Å². The van der Waals surface area contributed by atoms with E-state index in [1.165, 1.54) is 0 Å². The molecule has 0 saturated carbocycles. The highest BCUT2D eigenvalue weighted by Crippen LogP contribution is 2.09. The Kier molecular flexibility index (Phi) is 8.59. The molecule has 0 spiro atoms. The van der Waals surface area contributed by atoms with E-state index in [1.54, 1.807) is 13.8 Å². The monoisotopic (exact) mass is 313 g/mol. The zero-order valence-corrected chi connectivity index (χ0v) is 13.2. The Balaban J connectivity index is 4.77. The summed E-state index contributed by atoms with van der Waals surface area (Å²) in [7, 11) is 0. The second-order valence-electron chi connectivity index (χ2n) is 4.93. The van der Waals surface area contributed by atoms with Crippen molar-refractivity contribution in [3.8, 4) is 0 Å². The van der Waals surface area contributed by atoms with E-state index < -0.39 is 23.6 Å². The normalized spacial score (nSPS) is 11.8. The van der Waals surface area contributed by atoms with Crippen LogP contribution >= 0.6 is 0 Å². The van der Waals surface area contributed by atoms with Gasteiger partial charge >= 0.3 is 18.0 Å². The molecule has 124 valence electrons. The standard InChI is InChI=1S/C15H23NO6/c1-6-11(4)22-14(19)16-15(5,9-20-12(17)7-2)10-21-13(18)8-3/h7-8,11H,2-3,6,9-10H2,1,4-5H3,(H,16,19). The summed E-state index contributed by atoms with van der Waals surface area (Å²) in [6.07, 6.45) is 1.68. The van der Waals surface area contributed by atoms with Gasteiger partial charge in [0.05, 0.1) is 0 Å². The third-order valence-corrected chi connectivity index (χ3v) is 2.69. The van der Waals surface area contributed by atoms with Gasteiger partial charge in [-0.1, -0.05) is 20.1 Å². The molecule has 0 aliphatic rings. The molecule has 22 heavy (non-hydrogen) atoms. The highest BCUT2D eigenvalue weighted by molar-refractivity contribution is 5.81. The van der Waals surface area contributed by atoms with Gasteiger partial charge in [0.1, 0.15) is 24.9 Å². The molecule has 0 aliphatic heterocycles. The second kappa shape index (κ2) is 9.59. The molecule has 0 aromatic rings. The number of amides is 1. The van der Waals surface area contributed by atoms with Crippen molar-refractivity contribution in [2.75, 3.05) is 13.2 Å². The molecule has 1 N–H and O–H groups in total. The van der Waals surface area contributed by atoms with Gasteiger partial charge < -0.3 is 19.5 Å². The number of rotatable bonds is 9. The molecular weight excluding hydrogens is 290 g/mol. The number of hydrogen-bond acceptors (Lipinski definition) is 6. The fraction of sp³-hybridized carbons (Fsp3) is 0.533. The number of carbonyl (C=O) groups excluding carboxylic acids is 3. The first kappa shape index (κ1) is 19.7. The lowest BCUT2D eigenvalue weighted by molar-refractivity contribution is -0.144. The van der Waals surface area contributed by atoms with Gasteiger partial charge in [0.25, 0.3) is 0 Å². The number of ether oxygens (including phenoxy) is 3. The minimum absolute atomic E-state index is 0.210. The summed E-state index contributed by atoms with van der Waals surface area (Å²) >= 11 is 0. The number of esters is 2. The summed E-state index contributed by atoms with van der Waals surface area (Å²) in [5.41, 5.74) is -1.14. The van der Waals surface area contributed by atoms with Crippen molar-refractivity contribution >= 4 is 18.0 Å². The van der Waals surface area contributed by atoms with Gasteiger partial charge in [-0.05, 0) is 20.3 Å². The van der Waals surface area contributed by atoms with E-state index in [4.69, 9.17) is 14.2 Å². The van der Waals surface area contributed by atoms with Gasteiger partial charge in [0.15, 0.2) is 0 Å². The van der Waals surface area contributed by atoms with E-state index in [0.717, 1.165) is 12.2 Å². The smallest absolute Gasteiger partial charge is 0.408 e. The minimum atomic E-state index is -1.14. The lowest BCUT2D eigenvalue weighted by Gasteiger charge is -2.29. The highest BCUT2D eigenvalue weighted by Gasteiger charge is 2.31. The van der Waals surface area contributed by atoms with Crippen molar-refractivity contribution in [2.24, 2.45) is 0 Å². The Hall–Kier alpha value is -2.31. The molecule has 0 rings (SSSR count). The largest absolute Gasteiger partial charge is 0.460 e. The van der Waals surface area contributed by atoms with Crippen LogP contribution in [0.15, 0.2) is 25.3 Å². The van der Waals surface area contributed by atoms with E-state index in [1.807, 2.05) is 6.92 Å². The predicted octanol–water partition coefficient (Wildman–Crippen LogP) is 1.73. The molecule has 1 atom stereocenters. The average molecular weight is 313 g/mol. The zero-order valence-electron chi connectivity index (χ0n) is 13.2. The Bertz CT molecular complexity index is 408. The molecule has 0 heterocycles. The molecule has 0 radical (unpaired) electrons. The van der Waals surface area contributed by atoms with Crippen LogP contribution in [0.3, 0.4) is 0 Å². The van der Waals surface area contributed by atoms with Crippen molar-refractivity contribution < 1.29 is 28.6 Å². The quantitative estimate of drug-likeness (QED) is 0.396. The summed E-state index contributed by atoms with van der Waals surface area (Å²) in [5.74, 6) is -1.31. The second-order valence-corrected chi connectivity index (χ2v) is 4.93. The molecule has 0 aromatic heterocycles. The number of nitrogens with one attached hydrogen (secondary N) is 1. The van der Waals surface area contributed by atoms with Crippen LogP contribution in [-0.4, -0.2) is 42.9 Å². The molecule has 0 fully saturated rings. The van der Waals surface area contributed by atoms with Crippen molar-refractivity contribution in [1.29, 1.82) is 0 Å². The van der Waals surface area contributed by atoms with Crippen LogP contribution in [0.4, 0.5) is 4.79 Å². The summed E-state index contributed by atoms with van der Waals surface area (Å²) in [6, 6.07) is 0. The van der Waals surface area contributed by atoms with Crippen LogP contribution in [0.25, 0.3) is 0 Å². The van der Waals surface area contributed by atoms with E-state index in [0.29, 0.717) is 6.42 Å². The van der Waals surface area contributed by atoms with Crippen LogP contribution in [0.2, 0.25) is 0 Å². The predicted molar refractivity (Wildman–Crippen MR) is 80.1 cm³/mol. The van der Waals surface area contributed by atoms with Crippen molar-refractivity contribution in [3.05, 3.63) is 25.3 Å². The Morgan fingerprint density at radius 2 is 1.59 bits per heavy atom. The first-order valence-corrected chi connectivity index (χ1v) is 6.83. The molecule has 7 nitrogen and oxygen atoms in total. The maximum atomic E-state index is 11.8. The van der Waals surface area contributed by atoms with Gasteiger partial charge in [-0.15, -0.1) is 0 Å². The third kappa shape index (κ3) is 8.08. The zero-order chi connectivity index (χ0) is 17.2. The molecule has 0 bridgehead atoms. The topological polar surface area (TPSA) is 90.9 Å². The van der Waals surface area contributed by atoms with Gasteiger partial charge in [0.2, 0.25) is 0 Å². The Morgan fingerprint density at radius 1 is 1.14 bits per heavy atom. The molecule has 0 aliphatic carbocycles. The minimum Gasteiger partial charge on any atom is -0.460 e. The van der Waals surface area contributed by atoms with Crippen molar-refractivity contribution in [2.45, 2.75) is 38.8 Å². The first-order chi connectivity index (χ1) is 10.3. The molecule has 0 aromatic carbocycles. The van der Waals surface area contributed by atoms with E-state index in [-0.39, 0.29) is 19.3 Å². The van der Waals surface area contributed by atoms with Crippen molar-refractivity contribution in [1.82, 2.24) is 5.32 Å². The third-order valence-electron chi connectivity index (χ3n) is 2.69. The van der Waals surface area contributed by atoms with E-state index >= 15 is 0 Å². The Morgan fingerprint density at radius 3 is 1.95 bits per heavy atom. The lowest BCUT2D eigenvalue weighted by atomic mass is 10.1. The summed E-state index contributed by atoms with van der Waals surface area (Å²) in [4.78, 5) is 34.1. The maximum Gasteiger partial charge on any atom is 0.408 e. The fourth-order valence-corrected chi connectivity index (χ4v) is 1.23. The number of carbonyl (C=O) groups is 3. The van der Waals surface area contributed by atoms with Gasteiger partial charge in [0, 0.05) is 12.2 Å². The van der Waals surface area contributed by atoms with Crippen LogP contribution in [0.5, 0.6) is 0 Å². The average Bonchev–Trinajstić information content (AvgIpc) is 2.49. The lowest BCUT2D eigenvalue weighted by Crippen LogP contribution is -2.54. The van der Waals surface area contributed by atoms with Gasteiger partial charge in [-0.25, -0.2) is 14.4 Å². The highest BCUT2D eigenvalue weighted by atomic mass is 16.6.